The van der Waals surface area contributed by atoms with Crippen LogP contribution in [0.15, 0.2) is 70.1 Å². The zero-order valence-corrected chi connectivity index (χ0v) is 23.9. The number of carbonyl (C=O) groups excluding carboxylic acids is 1. The van der Waals surface area contributed by atoms with Crippen molar-refractivity contribution in [3.63, 3.8) is 0 Å². The number of carbonyl (C=O) groups is 1. The fraction of sp³-hybridized carbons (Fsp3) is 0.310. The van der Waals surface area contributed by atoms with E-state index in [-0.39, 0.29) is 16.3 Å². The number of anilines is 3. The van der Waals surface area contributed by atoms with Crippen LogP contribution in [0.4, 0.5) is 31.9 Å². The van der Waals surface area contributed by atoms with Crippen LogP contribution < -0.4 is 21.0 Å². The van der Waals surface area contributed by atoms with Crippen molar-refractivity contribution in [3.05, 3.63) is 82.1 Å². The number of urea groups is 1. The average molecular weight is 585 g/mol. The van der Waals surface area contributed by atoms with E-state index < -0.39 is 5.82 Å². The Morgan fingerprint density at radius 2 is 1.63 bits per heavy atom. The molecule has 0 aliphatic heterocycles. The first-order valence-corrected chi connectivity index (χ1v) is 13.3. The lowest BCUT2D eigenvalue weighted by Crippen LogP contribution is -2.33. The maximum Gasteiger partial charge on any atom is 0.323 e. The molecule has 0 aliphatic rings. The minimum Gasteiger partial charge on any atom is -0.369 e. The van der Waals surface area contributed by atoms with E-state index in [1.807, 2.05) is 43.3 Å². The highest BCUT2D eigenvalue weighted by atomic mass is 79.9. The van der Waals surface area contributed by atoms with Crippen molar-refractivity contribution >= 4 is 50.5 Å². The molecule has 9 heteroatoms. The van der Waals surface area contributed by atoms with Gasteiger partial charge in [0.25, 0.3) is 0 Å². The molecule has 0 saturated heterocycles. The van der Waals surface area contributed by atoms with Gasteiger partial charge in [0.15, 0.2) is 5.84 Å². The zero-order chi connectivity index (χ0) is 27.8. The van der Waals surface area contributed by atoms with Crippen LogP contribution in [-0.4, -0.2) is 30.2 Å². The van der Waals surface area contributed by atoms with Gasteiger partial charge in [0.2, 0.25) is 0 Å². The minimum absolute atomic E-state index is 0.149. The van der Waals surface area contributed by atoms with Gasteiger partial charge in [0.05, 0.1) is 21.5 Å². The Balaban J connectivity index is 2.02. The molecule has 0 aromatic heterocycles. The van der Waals surface area contributed by atoms with E-state index >= 15 is 0 Å². The highest BCUT2D eigenvalue weighted by Gasteiger charge is 2.18. The van der Waals surface area contributed by atoms with Gasteiger partial charge in [-0.3, -0.25) is 10.7 Å². The second-order valence-corrected chi connectivity index (χ2v) is 10.9. The first-order valence-electron chi connectivity index (χ1n) is 12.5. The van der Waals surface area contributed by atoms with Crippen LogP contribution in [-0.2, 0) is 0 Å². The molecule has 0 saturated carbocycles. The Hall–Kier alpha value is -3.43. The Morgan fingerprint density at radius 1 is 0.974 bits per heavy atom. The van der Waals surface area contributed by atoms with Crippen LogP contribution in [0.5, 0.6) is 0 Å². The molecule has 0 aliphatic carbocycles. The number of halogens is 2. The number of hydrogen-bond acceptors (Lipinski definition) is 4. The van der Waals surface area contributed by atoms with Gasteiger partial charge >= 0.3 is 6.03 Å². The second-order valence-electron chi connectivity index (χ2n) is 10.0. The summed E-state index contributed by atoms with van der Waals surface area (Å²) in [6.45, 7) is 12.2. The summed E-state index contributed by atoms with van der Waals surface area (Å²) in [6, 6.07) is 17.0. The maximum absolute atomic E-state index is 13.7. The van der Waals surface area contributed by atoms with Gasteiger partial charge in [-0.05, 0) is 83.2 Å². The Bertz CT molecular complexity index is 1270. The van der Waals surface area contributed by atoms with E-state index in [4.69, 9.17) is 0 Å². The summed E-state index contributed by atoms with van der Waals surface area (Å²) in [4.78, 5) is 19.7. The van der Waals surface area contributed by atoms with Crippen molar-refractivity contribution in [1.82, 2.24) is 5.48 Å². The average Bonchev–Trinajstić information content (AvgIpc) is 2.85. The summed E-state index contributed by atoms with van der Waals surface area (Å²) in [5.41, 5.74) is 6.31. The van der Waals surface area contributed by atoms with E-state index in [2.05, 4.69) is 69.6 Å². The summed E-state index contributed by atoms with van der Waals surface area (Å²) in [5, 5.41) is 15.8. The van der Waals surface area contributed by atoms with Crippen LogP contribution in [0, 0.1) is 24.6 Å². The highest BCUT2D eigenvalue weighted by Crippen LogP contribution is 2.30. The summed E-state index contributed by atoms with van der Waals surface area (Å²) in [7, 11) is 0. The van der Waals surface area contributed by atoms with Gasteiger partial charge < -0.3 is 15.5 Å². The Labute approximate surface area is 232 Å². The molecular formula is C29H35BrFN5O2. The van der Waals surface area contributed by atoms with Gasteiger partial charge in [0.1, 0.15) is 5.82 Å². The quantitative estimate of drug-likeness (QED) is 0.118. The molecule has 0 radical (unpaired) electrons. The van der Waals surface area contributed by atoms with E-state index in [1.54, 1.807) is 6.07 Å². The lowest BCUT2D eigenvalue weighted by molar-refractivity contribution is 0.235. The van der Waals surface area contributed by atoms with Crippen molar-refractivity contribution in [2.45, 2.75) is 34.6 Å². The summed E-state index contributed by atoms with van der Waals surface area (Å²) < 4.78 is 13.9. The monoisotopic (exact) mass is 583 g/mol. The lowest BCUT2D eigenvalue weighted by atomic mass is 10.1. The van der Waals surface area contributed by atoms with Crippen molar-refractivity contribution in [1.29, 1.82) is 0 Å². The molecule has 0 bridgehead atoms. The van der Waals surface area contributed by atoms with Crippen molar-refractivity contribution in [2.75, 3.05) is 28.6 Å². The largest absolute Gasteiger partial charge is 0.369 e. The van der Waals surface area contributed by atoms with E-state index in [0.29, 0.717) is 34.5 Å². The predicted molar refractivity (Wildman–Crippen MR) is 157 cm³/mol. The normalized spacial score (nSPS) is 11.6. The molecule has 0 atom stereocenters. The Kier molecular flexibility index (Phi) is 10.3. The molecule has 7 nitrogen and oxygen atoms in total. The maximum atomic E-state index is 13.7. The van der Waals surface area contributed by atoms with Gasteiger partial charge in [-0.25, -0.2) is 14.2 Å². The first-order chi connectivity index (χ1) is 18.0. The van der Waals surface area contributed by atoms with Crippen molar-refractivity contribution in [2.24, 2.45) is 16.8 Å². The molecule has 3 aromatic rings. The minimum atomic E-state index is -0.409. The van der Waals surface area contributed by atoms with Crippen molar-refractivity contribution in [3.8, 4) is 0 Å². The molecule has 38 heavy (non-hydrogen) atoms. The van der Waals surface area contributed by atoms with E-state index in [9.17, 15) is 14.4 Å². The molecule has 202 valence electrons. The third-order valence-corrected chi connectivity index (χ3v) is 6.20. The van der Waals surface area contributed by atoms with Gasteiger partial charge in [0, 0.05) is 24.3 Å². The summed E-state index contributed by atoms with van der Waals surface area (Å²) >= 11 is 3.16. The molecule has 0 spiro atoms. The topological polar surface area (TPSA) is 89.0 Å². The molecule has 0 fully saturated rings. The predicted octanol–water partition coefficient (Wildman–Crippen LogP) is 7.72. The van der Waals surface area contributed by atoms with Crippen LogP contribution in [0.1, 0.15) is 38.8 Å². The Morgan fingerprint density at radius 3 is 2.21 bits per heavy atom. The van der Waals surface area contributed by atoms with E-state index in [0.717, 1.165) is 24.3 Å². The molecule has 0 unspecified atom stereocenters. The van der Waals surface area contributed by atoms with Crippen LogP contribution in [0.25, 0.3) is 0 Å². The highest BCUT2D eigenvalue weighted by molar-refractivity contribution is 9.10. The van der Waals surface area contributed by atoms with Gasteiger partial charge in [-0.1, -0.05) is 45.4 Å². The zero-order valence-electron chi connectivity index (χ0n) is 22.3. The number of nitrogens with zero attached hydrogens (tertiary/aromatic N) is 2. The first kappa shape index (κ1) is 29.1. The number of hydrogen-bond donors (Lipinski definition) is 4. The summed E-state index contributed by atoms with van der Waals surface area (Å²) in [6.07, 6.45) is 0. The number of amides is 2. The number of aryl methyl sites for hydroxylation is 1. The SMILES string of the molecule is Cc1ccc(NC(=O)Nc2cc(C(=Nc3ccc(F)c(Br)c3)NO)ccc2N(CC(C)C)CC(C)C)cc1. The lowest BCUT2D eigenvalue weighted by Gasteiger charge is -2.30. The third kappa shape index (κ3) is 8.29. The third-order valence-electron chi connectivity index (χ3n) is 5.59. The number of rotatable bonds is 9. The van der Waals surface area contributed by atoms with Crippen LogP contribution in [0.2, 0.25) is 0 Å². The smallest absolute Gasteiger partial charge is 0.323 e. The fourth-order valence-electron chi connectivity index (χ4n) is 3.97. The molecule has 2 amide bonds. The summed E-state index contributed by atoms with van der Waals surface area (Å²) in [5.74, 6) is 0.538. The molecule has 3 aromatic carbocycles. The number of aliphatic imine (C=N–C) groups is 1. The number of amidine groups is 1. The van der Waals surface area contributed by atoms with E-state index in [1.165, 1.54) is 18.2 Å². The molecule has 0 heterocycles. The van der Waals surface area contributed by atoms with Gasteiger partial charge in [-0.2, -0.15) is 0 Å². The molecule has 4 N–H and O–H groups in total. The number of benzene rings is 3. The van der Waals surface area contributed by atoms with Gasteiger partial charge in [-0.15, -0.1) is 0 Å². The van der Waals surface area contributed by atoms with Crippen molar-refractivity contribution < 1.29 is 14.4 Å². The second kappa shape index (κ2) is 13.4. The molecule has 3 rings (SSSR count). The number of hydroxylamine groups is 1. The van der Waals surface area contributed by atoms with Crippen LogP contribution in [0.3, 0.4) is 0 Å². The standard InChI is InChI=1S/C29H35BrFN5O2/c1-18(2)16-36(17-19(3)4)27-13-8-21(28(35-38)32-23-11-12-25(31)24(30)15-23)14-26(27)34-29(37)33-22-9-6-20(5)7-10-22/h6-15,18-19,38H,16-17H2,1-5H3,(H,32,35)(H2,33,34,37). The fourth-order valence-corrected chi connectivity index (χ4v) is 4.34. The number of nitrogens with one attached hydrogen (secondary N) is 3. The van der Waals surface area contributed by atoms with Crippen LogP contribution >= 0.6 is 15.9 Å². The molecular weight excluding hydrogens is 549 g/mol.